The van der Waals surface area contributed by atoms with Gasteiger partial charge in [0.25, 0.3) is 0 Å². The summed E-state index contributed by atoms with van der Waals surface area (Å²) in [7, 11) is 0. The van der Waals surface area contributed by atoms with Crippen LogP contribution in [0.15, 0.2) is 48.5 Å². The Morgan fingerprint density at radius 3 is 2.42 bits per heavy atom. The third-order valence-corrected chi connectivity index (χ3v) is 9.18. The zero-order valence-electron chi connectivity index (χ0n) is 24.0. The number of halogens is 2. The molecule has 0 spiro atoms. The Balaban J connectivity index is 1.53. The molecule has 40 heavy (non-hydrogen) atoms. The van der Waals surface area contributed by atoms with Crippen LogP contribution in [0.5, 0.6) is 0 Å². The highest BCUT2D eigenvalue weighted by molar-refractivity contribution is 6.42. The van der Waals surface area contributed by atoms with Gasteiger partial charge in [-0.25, -0.2) is 0 Å². The predicted molar refractivity (Wildman–Crippen MR) is 162 cm³/mol. The van der Waals surface area contributed by atoms with E-state index in [2.05, 4.69) is 43.0 Å². The van der Waals surface area contributed by atoms with Gasteiger partial charge in [0.1, 0.15) is 5.78 Å². The largest absolute Gasteiger partial charge is 0.331 e. The lowest BCUT2D eigenvalue weighted by Gasteiger charge is -2.33. The SMILES string of the molecule is CC(=O)C[C@@H]1C[C@H]2C(=O)N([C@H](CC(C)C)C(=O)CCc3ccc(Cl)c(Cl)c3)CCC(CCc3ccccc3)N2C1. The maximum atomic E-state index is 14.2. The number of carbonyl (C=O) groups is 3. The van der Waals surface area contributed by atoms with Crippen molar-refractivity contribution in [2.75, 3.05) is 13.1 Å². The summed E-state index contributed by atoms with van der Waals surface area (Å²) < 4.78 is 0. The molecule has 2 fully saturated rings. The van der Waals surface area contributed by atoms with Crippen LogP contribution in [0.3, 0.4) is 0 Å². The summed E-state index contributed by atoms with van der Waals surface area (Å²) in [6, 6.07) is 15.5. The first-order valence-corrected chi connectivity index (χ1v) is 15.4. The van der Waals surface area contributed by atoms with Crippen molar-refractivity contribution < 1.29 is 14.4 Å². The molecule has 0 aromatic heterocycles. The van der Waals surface area contributed by atoms with Crippen molar-refractivity contribution in [1.29, 1.82) is 0 Å². The van der Waals surface area contributed by atoms with Gasteiger partial charge >= 0.3 is 0 Å². The molecule has 7 heteroatoms. The zero-order chi connectivity index (χ0) is 28.8. The summed E-state index contributed by atoms with van der Waals surface area (Å²) in [6.45, 7) is 7.20. The van der Waals surface area contributed by atoms with E-state index in [1.807, 2.05) is 23.1 Å². The second-order valence-electron chi connectivity index (χ2n) is 12.1. The summed E-state index contributed by atoms with van der Waals surface area (Å²) in [5.74, 6) is 0.777. The highest BCUT2D eigenvalue weighted by atomic mass is 35.5. The average molecular weight is 586 g/mol. The lowest BCUT2D eigenvalue weighted by Crippen LogP contribution is -2.51. The van der Waals surface area contributed by atoms with Crippen molar-refractivity contribution in [3.63, 3.8) is 0 Å². The second kappa shape index (κ2) is 14.1. The minimum atomic E-state index is -0.447. The van der Waals surface area contributed by atoms with Gasteiger partial charge in [0.2, 0.25) is 5.91 Å². The van der Waals surface area contributed by atoms with Crippen LogP contribution in [-0.2, 0) is 27.2 Å². The molecule has 0 radical (unpaired) electrons. The molecular formula is C33H42Cl2N2O3. The van der Waals surface area contributed by atoms with Gasteiger partial charge in [-0.1, -0.05) is 73.4 Å². The summed E-state index contributed by atoms with van der Waals surface area (Å²) in [4.78, 5) is 44.2. The van der Waals surface area contributed by atoms with E-state index in [0.717, 1.165) is 31.4 Å². The van der Waals surface area contributed by atoms with Crippen molar-refractivity contribution >= 4 is 40.7 Å². The number of amides is 1. The van der Waals surface area contributed by atoms with Gasteiger partial charge in [0.15, 0.2) is 5.78 Å². The number of nitrogens with zero attached hydrogens (tertiary/aromatic N) is 2. The molecule has 5 nitrogen and oxygen atoms in total. The van der Waals surface area contributed by atoms with E-state index < -0.39 is 6.04 Å². The third kappa shape index (κ3) is 7.96. The molecule has 0 N–H and O–H groups in total. The van der Waals surface area contributed by atoms with E-state index >= 15 is 0 Å². The highest BCUT2D eigenvalue weighted by Crippen LogP contribution is 2.35. The van der Waals surface area contributed by atoms with Gasteiger partial charge in [0.05, 0.1) is 22.1 Å². The Labute approximate surface area is 249 Å². The molecule has 4 rings (SSSR count). The Morgan fingerprint density at radius 2 is 1.75 bits per heavy atom. The van der Waals surface area contributed by atoms with Gasteiger partial charge in [-0.15, -0.1) is 0 Å². The fraction of sp³-hybridized carbons (Fsp3) is 0.545. The summed E-state index contributed by atoms with van der Waals surface area (Å²) in [5, 5.41) is 0.978. The number of Topliss-reactive ketones (excluding diaryl/α,β-unsaturated/α-hetero) is 2. The maximum absolute atomic E-state index is 14.2. The van der Waals surface area contributed by atoms with Crippen LogP contribution in [0.4, 0.5) is 0 Å². The molecule has 0 bridgehead atoms. The monoisotopic (exact) mass is 584 g/mol. The molecule has 2 aliphatic heterocycles. The minimum Gasteiger partial charge on any atom is -0.331 e. The lowest BCUT2D eigenvalue weighted by atomic mass is 9.93. The second-order valence-corrected chi connectivity index (χ2v) is 12.9. The van der Waals surface area contributed by atoms with E-state index in [1.54, 1.807) is 13.0 Å². The molecule has 2 heterocycles. The van der Waals surface area contributed by atoms with E-state index in [4.69, 9.17) is 23.2 Å². The Bertz CT molecular complexity index is 1190. The summed E-state index contributed by atoms with van der Waals surface area (Å²) >= 11 is 12.3. The van der Waals surface area contributed by atoms with E-state index in [9.17, 15) is 14.4 Å². The minimum absolute atomic E-state index is 0.0572. The Hall–Kier alpha value is -2.21. The molecule has 0 saturated carbocycles. The fourth-order valence-electron chi connectivity index (χ4n) is 6.51. The number of fused-ring (bicyclic) bond motifs is 1. The number of ketones is 2. The quantitative estimate of drug-likeness (QED) is 0.275. The molecule has 2 aromatic rings. The first-order valence-electron chi connectivity index (χ1n) is 14.7. The molecular weight excluding hydrogens is 543 g/mol. The molecule has 0 aliphatic carbocycles. The van der Waals surface area contributed by atoms with Gasteiger partial charge in [-0.05, 0) is 80.5 Å². The van der Waals surface area contributed by atoms with Crippen LogP contribution in [0.2, 0.25) is 10.0 Å². The first kappa shape index (κ1) is 30.7. The van der Waals surface area contributed by atoms with Crippen LogP contribution in [0, 0.1) is 11.8 Å². The Morgan fingerprint density at radius 1 is 1.00 bits per heavy atom. The molecule has 2 aromatic carbocycles. The lowest BCUT2D eigenvalue weighted by molar-refractivity contribution is -0.142. The number of rotatable bonds is 12. The molecule has 216 valence electrons. The topological polar surface area (TPSA) is 57.7 Å². The molecule has 1 unspecified atom stereocenters. The van der Waals surface area contributed by atoms with E-state index in [0.29, 0.717) is 48.7 Å². The first-order chi connectivity index (χ1) is 19.1. The highest BCUT2D eigenvalue weighted by Gasteiger charge is 2.46. The number of benzene rings is 2. The fourth-order valence-corrected chi connectivity index (χ4v) is 6.83. The van der Waals surface area contributed by atoms with Crippen LogP contribution >= 0.6 is 23.2 Å². The van der Waals surface area contributed by atoms with Crippen molar-refractivity contribution in [2.45, 2.75) is 90.3 Å². The van der Waals surface area contributed by atoms with Crippen LogP contribution in [0.25, 0.3) is 0 Å². The number of hydrogen-bond acceptors (Lipinski definition) is 4. The van der Waals surface area contributed by atoms with E-state index in [1.165, 1.54) is 5.56 Å². The maximum Gasteiger partial charge on any atom is 0.240 e. The molecule has 2 aliphatic rings. The van der Waals surface area contributed by atoms with Gasteiger partial charge in [-0.2, -0.15) is 0 Å². The standard InChI is InChI=1S/C33H42Cl2N2O3/c1-22(2)17-30(32(39)14-11-25-10-13-28(34)29(35)19-25)36-16-15-27(12-9-24-7-5-4-6-8-24)37-21-26(18-23(3)38)20-31(37)33(36)40/h4-8,10,13,19,22,26-27,30-31H,9,11-12,14-18,20-21H2,1-3H3/t26-,27?,30-,31+/m1/s1. The predicted octanol–water partition coefficient (Wildman–Crippen LogP) is 6.81. The van der Waals surface area contributed by atoms with Crippen molar-refractivity contribution in [3.8, 4) is 0 Å². The normalized spacial score (nSPS) is 22.3. The van der Waals surface area contributed by atoms with Crippen LogP contribution in [-0.4, -0.2) is 58.5 Å². The van der Waals surface area contributed by atoms with Gasteiger partial charge in [-0.3, -0.25) is 14.5 Å². The zero-order valence-corrected chi connectivity index (χ0v) is 25.5. The summed E-state index contributed by atoms with van der Waals surface area (Å²) in [6.07, 6.45) is 5.46. The van der Waals surface area contributed by atoms with E-state index in [-0.39, 0.29) is 41.4 Å². The van der Waals surface area contributed by atoms with Crippen LogP contribution in [0.1, 0.15) is 70.4 Å². The smallest absolute Gasteiger partial charge is 0.240 e. The molecule has 1 amide bonds. The summed E-state index contributed by atoms with van der Waals surface area (Å²) in [5.41, 5.74) is 2.25. The molecule has 4 atom stereocenters. The number of aryl methyl sites for hydroxylation is 2. The van der Waals surface area contributed by atoms with Crippen LogP contribution < -0.4 is 0 Å². The van der Waals surface area contributed by atoms with Gasteiger partial charge < -0.3 is 9.69 Å². The number of carbonyl (C=O) groups excluding carboxylic acids is 3. The van der Waals surface area contributed by atoms with Gasteiger partial charge in [0, 0.05) is 32.0 Å². The van der Waals surface area contributed by atoms with Crippen molar-refractivity contribution in [3.05, 3.63) is 69.7 Å². The third-order valence-electron chi connectivity index (χ3n) is 8.44. The average Bonchev–Trinajstić information content (AvgIpc) is 3.28. The van der Waals surface area contributed by atoms with Crippen molar-refractivity contribution in [2.24, 2.45) is 11.8 Å². The Kier molecular flexibility index (Phi) is 10.8. The van der Waals surface area contributed by atoms with Crippen molar-refractivity contribution in [1.82, 2.24) is 9.80 Å². The number of hydrogen-bond donors (Lipinski definition) is 0. The molecule has 2 saturated heterocycles.